The van der Waals surface area contributed by atoms with Crippen LogP contribution < -0.4 is 10.1 Å². The molecular formula is C16H17N3O. The first kappa shape index (κ1) is 14.0. The van der Waals surface area contributed by atoms with Gasteiger partial charge in [-0.15, -0.1) is 0 Å². The molecule has 0 amide bonds. The molecule has 4 heteroatoms. The van der Waals surface area contributed by atoms with E-state index >= 15 is 0 Å². The number of pyridine rings is 1. The summed E-state index contributed by atoms with van der Waals surface area (Å²) in [6, 6.07) is 11.7. The number of ether oxygens (including phenoxy) is 1. The maximum absolute atomic E-state index is 8.96. The van der Waals surface area contributed by atoms with E-state index in [-0.39, 0.29) is 6.04 Å². The molecule has 1 aromatic heterocycles. The van der Waals surface area contributed by atoms with Crippen molar-refractivity contribution in [3.8, 4) is 11.8 Å². The average molecular weight is 267 g/mol. The van der Waals surface area contributed by atoms with Crippen molar-refractivity contribution in [2.45, 2.75) is 19.5 Å². The Bertz CT molecular complexity index is 605. The Balaban J connectivity index is 2.09. The highest BCUT2D eigenvalue weighted by molar-refractivity contribution is 5.42. The summed E-state index contributed by atoms with van der Waals surface area (Å²) in [4.78, 5) is 4.11. The topological polar surface area (TPSA) is 57.9 Å². The molecule has 0 saturated carbocycles. The highest BCUT2D eigenvalue weighted by atomic mass is 16.5. The van der Waals surface area contributed by atoms with Crippen LogP contribution in [-0.4, -0.2) is 12.1 Å². The van der Waals surface area contributed by atoms with Crippen molar-refractivity contribution in [3.05, 3.63) is 59.4 Å². The van der Waals surface area contributed by atoms with Crippen molar-refractivity contribution in [3.63, 3.8) is 0 Å². The molecule has 0 aliphatic carbocycles. The molecule has 1 heterocycles. The lowest BCUT2D eigenvalue weighted by atomic mass is 10.1. The van der Waals surface area contributed by atoms with Crippen molar-refractivity contribution in [2.75, 3.05) is 7.11 Å². The van der Waals surface area contributed by atoms with Gasteiger partial charge in [-0.2, -0.15) is 5.26 Å². The second kappa shape index (κ2) is 6.69. The van der Waals surface area contributed by atoms with Crippen molar-refractivity contribution in [1.82, 2.24) is 10.3 Å². The number of hydrogen-bond acceptors (Lipinski definition) is 4. The molecule has 1 atom stereocenters. The van der Waals surface area contributed by atoms with E-state index in [0.29, 0.717) is 12.1 Å². The fraction of sp³-hybridized carbons (Fsp3) is 0.250. The zero-order chi connectivity index (χ0) is 14.4. The summed E-state index contributed by atoms with van der Waals surface area (Å²) >= 11 is 0. The van der Waals surface area contributed by atoms with E-state index in [1.807, 2.05) is 30.5 Å². The molecule has 2 rings (SSSR count). The van der Waals surface area contributed by atoms with Crippen LogP contribution in [0.4, 0.5) is 0 Å². The Hall–Kier alpha value is -2.38. The average Bonchev–Trinajstić information content (AvgIpc) is 2.53. The van der Waals surface area contributed by atoms with E-state index in [9.17, 15) is 0 Å². The normalized spacial score (nSPS) is 11.7. The lowest BCUT2D eigenvalue weighted by Gasteiger charge is -2.15. The molecule has 1 aromatic carbocycles. The van der Waals surface area contributed by atoms with Gasteiger partial charge in [0.1, 0.15) is 5.75 Å². The summed E-state index contributed by atoms with van der Waals surface area (Å²) in [5, 5.41) is 12.4. The van der Waals surface area contributed by atoms with Gasteiger partial charge in [0.25, 0.3) is 0 Å². The van der Waals surface area contributed by atoms with Gasteiger partial charge in [-0.05, 0) is 36.8 Å². The summed E-state index contributed by atoms with van der Waals surface area (Å²) in [7, 11) is 1.63. The maximum Gasteiger partial charge on any atom is 0.123 e. The van der Waals surface area contributed by atoms with Gasteiger partial charge in [0.2, 0.25) is 0 Å². The summed E-state index contributed by atoms with van der Waals surface area (Å²) in [6.45, 7) is 2.71. The van der Waals surface area contributed by atoms with Crippen LogP contribution in [0.2, 0.25) is 0 Å². The zero-order valence-corrected chi connectivity index (χ0v) is 11.6. The summed E-state index contributed by atoms with van der Waals surface area (Å²) < 4.78 is 5.32. The Morgan fingerprint density at radius 2 is 2.25 bits per heavy atom. The van der Waals surface area contributed by atoms with Crippen LogP contribution in [0, 0.1) is 11.3 Å². The van der Waals surface area contributed by atoms with E-state index < -0.39 is 0 Å². The standard InChI is InChI=1S/C16H17N3O/c1-12(14-4-3-7-18-10-14)19-11-15-8-13(9-17)5-6-16(15)20-2/h3-8,10,12,19H,11H2,1-2H3/t12-/m0/s1. The number of nitrogens with one attached hydrogen (secondary N) is 1. The molecular weight excluding hydrogens is 250 g/mol. The predicted molar refractivity (Wildman–Crippen MR) is 77.2 cm³/mol. The highest BCUT2D eigenvalue weighted by Gasteiger charge is 2.08. The number of methoxy groups -OCH3 is 1. The smallest absolute Gasteiger partial charge is 0.123 e. The van der Waals surface area contributed by atoms with Crippen molar-refractivity contribution in [2.24, 2.45) is 0 Å². The maximum atomic E-state index is 8.96. The number of aromatic nitrogens is 1. The Labute approximate surface area is 119 Å². The SMILES string of the molecule is COc1ccc(C#N)cc1CN[C@@H](C)c1cccnc1. The molecule has 1 N–H and O–H groups in total. The van der Waals surface area contributed by atoms with Crippen molar-refractivity contribution < 1.29 is 4.74 Å². The van der Waals surface area contributed by atoms with E-state index in [2.05, 4.69) is 23.3 Å². The van der Waals surface area contributed by atoms with Gasteiger partial charge in [0, 0.05) is 30.5 Å². The van der Waals surface area contributed by atoms with Crippen molar-refractivity contribution in [1.29, 1.82) is 5.26 Å². The first-order valence-corrected chi connectivity index (χ1v) is 6.45. The van der Waals surface area contributed by atoms with Gasteiger partial charge < -0.3 is 10.1 Å². The molecule has 0 bridgehead atoms. The largest absolute Gasteiger partial charge is 0.496 e. The minimum Gasteiger partial charge on any atom is -0.496 e. The molecule has 4 nitrogen and oxygen atoms in total. The van der Waals surface area contributed by atoms with Crippen LogP contribution in [0.5, 0.6) is 5.75 Å². The molecule has 102 valence electrons. The van der Waals surface area contributed by atoms with Crippen LogP contribution in [0.15, 0.2) is 42.7 Å². The van der Waals surface area contributed by atoms with E-state index in [1.54, 1.807) is 19.4 Å². The third-order valence-electron chi connectivity index (χ3n) is 3.19. The molecule has 0 unspecified atom stereocenters. The predicted octanol–water partition coefficient (Wildman–Crippen LogP) is 2.81. The number of nitriles is 1. The lowest BCUT2D eigenvalue weighted by molar-refractivity contribution is 0.406. The molecule has 0 spiro atoms. The summed E-state index contributed by atoms with van der Waals surface area (Å²) in [5.41, 5.74) is 2.74. The fourth-order valence-electron chi connectivity index (χ4n) is 2.00. The molecule has 0 aliphatic heterocycles. The van der Waals surface area contributed by atoms with Gasteiger partial charge in [0.15, 0.2) is 0 Å². The zero-order valence-electron chi connectivity index (χ0n) is 11.6. The number of hydrogen-bond donors (Lipinski definition) is 1. The summed E-state index contributed by atoms with van der Waals surface area (Å²) in [6.07, 6.45) is 3.61. The number of rotatable bonds is 5. The van der Waals surface area contributed by atoms with Gasteiger partial charge >= 0.3 is 0 Å². The van der Waals surface area contributed by atoms with Crippen LogP contribution in [-0.2, 0) is 6.54 Å². The van der Waals surface area contributed by atoms with Gasteiger partial charge in [-0.1, -0.05) is 6.07 Å². The Kier molecular flexibility index (Phi) is 4.70. The first-order valence-electron chi connectivity index (χ1n) is 6.45. The minimum absolute atomic E-state index is 0.180. The van der Waals surface area contributed by atoms with E-state index in [4.69, 9.17) is 10.00 Å². The number of nitrogens with zero attached hydrogens (tertiary/aromatic N) is 2. The fourth-order valence-corrected chi connectivity index (χ4v) is 2.00. The third kappa shape index (κ3) is 3.34. The van der Waals surface area contributed by atoms with Crippen LogP contribution >= 0.6 is 0 Å². The molecule has 0 radical (unpaired) electrons. The van der Waals surface area contributed by atoms with Gasteiger partial charge in [0.05, 0.1) is 18.7 Å². The van der Waals surface area contributed by atoms with Crippen LogP contribution in [0.1, 0.15) is 29.7 Å². The van der Waals surface area contributed by atoms with Crippen molar-refractivity contribution >= 4 is 0 Å². The number of benzene rings is 1. The van der Waals surface area contributed by atoms with Crippen LogP contribution in [0.25, 0.3) is 0 Å². The second-order valence-electron chi connectivity index (χ2n) is 4.53. The van der Waals surface area contributed by atoms with Gasteiger partial charge in [-0.3, -0.25) is 4.98 Å². The van der Waals surface area contributed by atoms with E-state index in [1.165, 1.54) is 0 Å². The summed E-state index contributed by atoms with van der Waals surface area (Å²) in [5.74, 6) is 0.787. The highest BCUT2D eigenvalue weighted by Crippen LogP contribution is 2.20. The Morgan fingerprint density at radius 3 is 2.90 bits per heavy atom. The van der Waals surface area contributed by atoms with E-state index in [0.717, 1.165) is 16.9 Å². The molecule has 0 fully saturated rings. The minimum atomic E-state index is 0.180. The molecule has 0 aliphatic rings. The quantitative estimate of drug-likeness (QED) is 0.905. The molecule has 0 saturated heterocycles. The second-order valence-corrected chi connectivity index (χ2v) is 4.53. The van der Waals surface area contributed by atoms with Crippen LogP contribution in [0.3, 0.4) is 0 Å². The molecule has 2 aromatic rings. The lowest BCUT2D eigenvalue weighted by Crippen LogP contribution is -2.18. The Morgan fingerprint density at radius 1 is 1.40 bits per heavy atom. The van der Waals surface area contributed by atoms with Gasteiger partial charge in [-0.25, -0.2) is 0 Å². The molecule has 20 heavy (non-hydrogen) atoms. The first-order chi connectivity index (χ1) is 9.74. The third-order valence-corrected chi connectivity index (χ3v) is 3.19. The monoisotopic (exact) mass is 267 g/mol.